The van der Waals surface area contributed by atoms with E-state index in [-0.39, 0.29) is 5.91 Å². The van der Waals surface area contributed by atoms with Gasteiger partial charge in [-0.1, -0.05) is 11.1 Å². The van der Waals surface area contributed by atoms with Crippen molar-refractivity contribution in [2.75, 3.05) is 53.0 Å². The van der Waals surface area contributed by atoms with Gasteiger partial charge in [0.05, 0.1) is 32.0 Å². The van der Waals surface area contributed by atoms with Gasteiger partial charge in [-0.2, -0.15) is 0 Å². The van der Waals surface area contributed by atoms with Crippen molar-refractivity contribution in [3.8, 4) is 12.3 Å². The first kappa shape index (κ1) is 19.9. The summed E-state index contributed by atoms with van der Waals surface area (Å²) >= 11 is 0. The van der Waals surface area contributed by atoms with Gasteiger partial charge >= 0.3 is 0 Å². The number of amides is 1. The number of ether oxygens (including phenoxy) is 1. The van der Waals surface area contributed by atoms with E-state index in [1.54, 1.807) is 11.9 Å². The van der Waals surface area contributed by atoms with E-state index >= 15 is 0 Å². The molecule has 0 aromatic carbocycles. The molecule has 0 saturated carbocycles. The minimum atomic E-state index is 0.123. The summed E-state index contributed by atoms with van der Waals surface area (Å²) in [6.07, 6.45) is 7.69. The average Bonchev–Trinajstić information content (AvgIpc) is 3.11. The molecule has 0 bridgehead atoms. The highest BCUT2D eigenvalue weighted by molar-refractivity contribution is 5.76. The van der Waals surface area contributed by atoms with Crippen molar-refractivity contribution in [2.24, 2.45) is 11.8 Å². The fourth-order valence-corrected chi connectivity index (χ4v) is 3.86. The van der Waals surface area contributed by atoms with Crippen LogP contribution < -0.4 is 5.32 Å². The number of hydrogen-bond acceptors (Lipinski definition) is 6. The summed E-state index contributed by atoms with van der Waals surface area (Å²) in [6.45, 7) is 6.41. The minimum absolute atomic E-state index is 0.123. The number of nitrogens with one attached hydrogen (secondary N) is 1. The number of carbonyl (C=O) groups is 1. The van der Waals surface area contributed by atoms with Crippen molar-refractivity contribution in [2.45, 2.75) is 25.8 Å². The molecule has 1 aromatic heterocycles. The highest BCUT2D eigenvalue weighted by atomic mass is 16.5. The zero-order valence-electron chi connectivity index (χ0n) is 16.2. The second-order valence-electron chi connectivity index (χ2n) is 7.55. The van der Waals surface area contributed by atoms with Gasteiger partial charge in [0, 0.05) is 32.6 Å². The number of aromatic nitrogens is 1. The topological polar surface area (TPSA) is 70.8 Å². The first-order chi connectivity index (χ1) is 13.2. The van der Waals surface area contributed by atoms with Gasteiger partial charge < -0.3 is 19.5 Å². The van der Waals surface area contributed by atoms with Crippen molar-refractivity contribution < 1.29 is 14.1 Å². The summed E-state index contributed by atoms with van der Waals surface area (Å²) in [5.74, 6) is 4.28. The van der Waals surface area contributed by atoms with Gasteiger partial charge in [0.15, 0.2) is 5.76 Å². The SMILES string of the molecule is C#CCN(C)C(=O)C[C@@H]1CCNC[C@@H]1Cc1cc(CN2CCOCC2)on1. The quantitative estimate of drug-likeness (QED) is 0.711. The van der Waals surface area contributed by atoms with Crippen molar-refractivity contribution in [1.29, 1.82) is 0 Å². The molecule has 0 aliphatic carbocycles. The lowest BCUT2D eigenvalue weighted by molar-refractivity contribution is -0.131. The van der Waals surface area contributed by atoms with Crippen molar-refractivity contribution >= 4 is 5.91 Å². The van der Waals surface area contributed by atoms with Gasteiger partial charge in [0.1, 0.15) is 0 Å². The summed E-state index contributed by atoms with van der Waals surface area (Å²) in [5.41, 5.74) is 0.974. The zero-order chi connectivity index (χ0) is 19.1. The lowest BCUT2D eigenvalue weighted by atomic mass is 9.81. The molecular weight excluding hydrogens is 344 g/mol. The van der Waals surface area contributed by atoms with Gasteiger partial charge in [0.25, 0.3) is 0 Å². The van der Waals surface area contributed by atoms with Crippen LogP contribution in [-0.2, 0) is 22.5 Å². The molecule has 0 unspecified atom stereocenters. The number of carbonyl (C=O) groups excluding carboxylic acids is 1. The van der Waals surface area contributed by atoms with Gasteiger partial charge in [-0.15, -0.1) is 6.42 Å². The Bertz CT molecular complexity index is 648. The molecule has 2 fully saturated rings. The van der Waals surface area contributed by atoms with E-state index in [4.69, 9.17) is 15.7 Å². The number of rotatable bonds is 7. The first-order valence-corrected chi connectivity index (χ1v) is 9.78. The maximum atomic E-state index is 12.4. The van der Waals surface area contributed by atoms with E-state index in [1.165, 1.54) is 0 Å². The van der Waals surface area contributed by atoms with E-state index in [1.807, 2.05) is 0 Å². The van der Waals surface area contributed by atoms with Crippen molar-refractivity contribution in [3.05, 3.63) is 17.5 Å². The molecule has 1 amide bonds. The molecular formula is C20H30N4O3. The van der Waals surface area contributed by atoms with E-state index in [0.717, 1.165) is 70.2 Å². The summed E-state index contributed by atoms with van der Waals surface area (Å²) < 4.78 is 10.9. The van der Waals surface area contributed by atoms with E-state index < -0.39 is 0 Å². The van der Waals surface area contributed by atoms with Crippen LogP contribution in [0.3, 0.4) is 0 Å². The largest absolute Gasteiger partial charge is 0.379 e. The van der Waals surface area contributed by atoms with Crippen LogP contribution in [0.5, 0.6) is 0 Å². The third-order valence-corrected chi connectivity index (χ3v) is 5.52. The predicted molar refractivity (Wildman–Crippen MR) is 102 cm³/mol. The number of nitrogens with zero attached hydrogens (tertiary/aromatic N) is 3. The molecule has 27 heavy (non-hydrogen) atoms. The van der Waals surface area contributed by atoms with E-state index in [0.29, 0.717) is 24.8 Å². The molecule has 0 spiro atoms. The maximum absolute atomic E-state index is 12.4. The zero-order valence-corrected chi connectivity index (χ0v) is 16.2. The van der Waals surface area contributed by atoms with Crippen molar-refractivity contribution in [3.63, 3.8) is 0 Å². The van der Waals surface area contributed by atoms with Gasteiger partial charge in [-0.25, -0.2) is 0 Å². The van der Waals surface area contributed by atoms with Crippen LogP contribution in [0.15, 0.2) is 10.6 Å². The molecule has 148 valence electrons. The molecule has 3 rings (SSSR count). The highest BCUT2D eigenvalue weighted by Crippen LogP contribution is 2.27. The molecule has 1 aromatic rings. The van der Waals surface area contributed by atoms with E-state index in [2.05, 4.69) is 27.4 Å². The lowest BCUT2D eigenvalue weighted by Crippen LogP contribution is -2.40. The average molecular weight is 374 g/mol. The standard InChI is InChI=1S/C20H30N4O3/c1-3-6-23(2)20(25)12-16-4-5-21-14-17(16)11-18-13-19(27-22-18)15-24-7-9-26-10-8-24/h1,13,16-17,21H,4-12,14-15H2,2H3/t16-,17-/m0/s1. The highest BCUT2D eigenvalue weighted by Gasteiger charge is 2.29. The van der Waals surface area contributed by atoms with Crippen LogP contribution in [-0.4, -0.2) is 73.8 Å². The first-order valence-electron chi connectivity index (χ1n) is 9.78. The van der Waals surface area contributed by atoms with Crippen LogP contribution in [0.25, 0.3) is 0 Å². The second kappa shape index (κ2) is 9.88. The Balaban J connectivity index is 1.54. The predicted octanol–water partition coefficient (Wildman–Crippen LogP) is 0.757. The monoisotopic (exact) mass is 374 g/mol. The number of morpholine rings is 1. The third kappa shape index (κ3) is 5.80. The van der Waals surface area contributed by atoms with Gasteiger partial charge in [0.2, 0.25) is 5.91 Å². The van der Waals surface area contributed by atoms with Crippen LogP contribution in [0.2, 0.25) is 0 Å². The third-order valence-electron chi connectivity index (χ3n) is 5.52. The van der Waals surface area contributed by atoms with E-state index in [9.17, 15) is 4.79 Å². The van der Waals surface area contributed by atoms with Crippen LogP contribution in [0.1, 0.15) is 24.3 Å². The number of piperidine rings is 1. The second-order valence-corrected chi connectivity index (χ2v) is 7.55. The minimum Gasteiger partial charge on any atom is -0.379 e. The summed E-state index contributed by atoms with van der Waals surface area (Å²) in [4.78, 5) is 16.3. The van der Waals surface area contributed by atoms with Crippen LogP contribution >= 0.6 is 0 Å². The molecule has 1 N–H and O–H groups in total. The molecule has 7 nitrogen and oxygen atoms in total. The molecule has 0 radical (unpaired) electrons. The lowest BCUT2D eigenvalue weighted by Gasteiger charge is -2.32. The summed E-state index contributed by atoms with van der Waals surface area (Å²) in [5, 5.41) is 7.72. The molecule has 2 aliphatic heterocycles. The molecule has 2 saturated heterocycles. The molecule has 2 aliphatic rings. The molecule has 3 heterocycles. The normalized spacial score (nSPS) is 23.7. The Morgan fingerprint density at radius 1 is 1.44 bits per heavy atom. The fourth-order valence-electron chi connectivity index (χ4n) is 3.86. The van der Waals surface area contributed by atoms with Gasteiger partial charge in [-0.3, -0.25) is 9.69 Å². The molecule has 7 heteroatoms. The number of hydrogen-bond donors (Lipinski definition) is 1. The number of terminal acetylenes is 1. The maximum Gasteiger partial charge on any atom is 0.223 e. The van der Waals surface area contributed by atoms with Gasteiger partial charge in [-0.05, 0) is 37.8 Å². The van der Waals surface area contributed by atoms with Crippen LogP contribution in [0.4, 0.5) is 0 Å². The Kier molecular flexibility index (Phi) is 7.27. The smallest absolute Gasteiger partial charge is 0.223 e. The Hall–Kier alpha value is -1.88. The summed E-state index contributed by atoms with van der Waals surface area (Å²) in [6, 6.07) is 2.06. The Labute approximate surface area is 161 Å². The van der Waals surface area contributed by atoms with Crippen molar-refractivity contribution in [1.82, 2.24) is 20.3 Å². The molecule has 2 atom stereocenters. The Morgan fingerprint density at radius 3 is 3.04 bits per heavy atom. The summed E-state index contributed by atoms with van der Waals surface area (Å²) in [7, 11) is 1.77. The fraction of sp³-hybridized carbons (Fsp3) is 0.700. The Morgan fingerprint density at radius 2 is 2.26 bits per heavy atom. The van der Waals surface area contributed by atoms with Crippen LogP contribution in [0, 0.1) is 24.2 Å².